The Morgan fingerprint density at radius 3 is 2.64 bits per heavy atom. The van der Waals surface area contributed by atoms with E-state index in [2.05, 4.69) is 6.58 Å². The molecule has 0 amide bonds. The van der Waals surface area contributed by atoms with Crippen LogP contribution in [0, 0.1) is 11.6 Å². The maximum atomic E-state index is 13.2. The second kappa shape index (κ2) is 4.00. The Morgan fingerprint density at radius 2 is 2.14 bits per heavy atom. The van der Waals surface area contributed by atoms with Crippen molar-refractivity contribution in [2.45, 2.75) is 0 Å². The number of methoxy groups -OCH3 is 1. The topological polar surface area (TPSA) is 26.3 Å². The number of hydrogen-bond acceptors (Lipinski definition) is 2. The minimum Gasteiger partial charge on any atom is -0.496 e. The van der Waals surface area contributed by atoms with E-state index in [1.807, 2.05) is 0 Å². The minimum atomic E-state index is -1.21. The largest absolute Gasteiger partial charge is 0.496 e. The summed E-state index contributed by atoms with van der Waals surface area (Å²) in [5.41, 5.74) is -0.428. The molecule has 1 aromatic carbocycles. The summed E-state index contributed by atoms with van der Waals surface area (Å²) in [4.78, 5) is 11.2. The van der Waals surface area contributed by atoms with Crippen LogP contribution in [0.2, 0.25) is 0 Å². The fraction of sp³-hybridized carbons (Fsp3) is 0.100. The lowest BCUT2D eigenvalue weighted by Gasteiger charge is -2.06. The second-order valence-electron chi connectivity index (χ2n) is 2.51. The standard InChI is InChI=1S/C10H8F2O2/c1-3-7(13)9-8(14-2)5-4-6(11)10(9)12/h3-5H,1H2,2H3. The van der Waals surface area contributed by atoms with Crippen LogP contribution in [0.3, 0.4) is 0 Å². The monoisotopic (exact) mass is 198 g/mol. The Morgan fingerprint density at radius 1 is 1.50 bits per heavy atom. The number of allylic oxidation sites excluding steroid dienone is 1. The summed E-state index contributed by atoms with van der Waals surface area (Å²) in [6, 6.07) is 2.09. The van der Waals surface area contributed by atoms with Gasteiger partial charge in [0.25, 0.3) is 0 Å². The van der Waals surface area contributed by atoms with Crippen LogP contribution in [0.25, 0.3) is 0 Å². The summed E-state index contributed by atoms with van der Waals surface area (Å²) in [7, 11) is 1.27. The molecule has 1 aromatic rings. The Labute approximate surface area is 79.8 Å². The van der Waals surface area contributed by atoms with E-state index in [0.29, 0.717) is 0 Å². The van der Waals surface area contributed by atoms with Gasteiger partial charge in [0, 0.05) is 0 Å². The fourth-order valence-electron chi connectivity index (χ4n) is 1.03. The van der Waals surface area contributed by atoms with Gasteiger partial charge in [-0.2, -0.15) is 0 Å². The molecule has 0 radical (unpaired) electrons. The van der Waals surface area contributed by atoms with Crippen LogP contribution >= 0.6 is 0 Å². The lowest BCUT2D eigenvalue weighted by molar-refractivity contribution is 0.103. The molecule has 0 spiro atoms. The van der Waals surface area contributed by atoms with E-state index < -0.39 is 23.0 Å². The highest BCUT2D eigenvalue weighted by atomic mass is 19.2. The number of ether oxygens (including phenoxy) is 1. The minimum absolute atomic E-state index is 0.00574. The molecule has 0 atom stereocenters. The predicted octanol–water partition coefficient (Wildman–Crippen LogP) is 2.34. The van der Waals surface area contributed by atoms with E-state index in [4.69, 9.17) is 4.74 Å². The zero-order valence-electron chi connectivity index (χ0n) is 7.51. The van der Waals surface area contributed by atoms with Crippen molar-refractivity contribution in [2.75, 3.05) is 7.11 Å². The van der Waals surface area contributed by atoms with Gasteiger partial charge in [0.05, 0.1) is 7.11 Å². The zero-order valence-corrected chi connectivity index (χ0v) is 7.51. The molecule has 0 aliphatic carbocycles. The van der Waals surface area contributed by atoms with Crippen LogP contribution in [0.4, 0.5) is 8.78 Å². The highest BCUT2D eigenvalue weighted by Gasteiger charge is 2.18. The molecule has 1 rings (SSSR count). The third-order valence-electron chi connectivity index (χ3n) is 1.71. The molecule has 0 unspecified atom stereocenters. The van der Waals surface area contributed by atoms with Crippen molar-refractivity contribution in [3.63, 3.8) is 0 Å². The first-order chi connectivity index (χ1) is 6.61. The average Bonchev–Trinajstić information content (AvgIpc) is 2.20. The second-order valence-corrected chi connectivity index (χ2v) is 2.51. The van der Waals surface area contributed by atoms with Crippen LogP contribution in [-0.2, 0) is 0 Å². The van der Waals surface area contributed by atoms with Crippen LogP contribution in [0.5, 0.6) is 5.75 Å². The molecule has 0 N–H and O–H groups in total. The SMILES string of the molecule is C=CC(=O)c1c(OC)ccc(F)c1F. The van der Waals surface area contributed by atoms with Gasteiger partial charge in [0.15, 0.2) is 17.4 Å². The molecule has 0 aliphatic rings. The van der Waals surface area contributed by atoms with Gasteiger partial charge in [-0.3, -0.25) is 4.79 Å². The van der Waals surface area contributed by atoms with Gasteiger partial charge in [0.2, 0.25) is 0 Å². The third-order valence-corrected chi connectivity index (χ3v) is 1.71. The number of hydrogen-bond donors (Lipinski definition) is 0. The molecule has 14 heavy (non-hydrogen) atoms. The van der Waals surface area contributed by atoms with E-state index in [0.717, 1.165) is 12.1 Å². The highest BCUT2D eigenvalue weighted by molar-refractivity contribution is 6.06. The molecule has 0 aliphatic heterocycles. The number of ketones is 1. The van der Waals surface area contributed by atoms with Crippen LogP contribution in [0.1, 0.15) is 10.4 Å². The van der Waals surface area contributed by atoms with E-state index in [1.165, 1.54) is 13.2 Å². The molecule has 2 nitrogen and oxygen atoms in total. The Kier molecular flexibility index (Phi) is 2.96. The number of carbonyl (C=O) groups excluding carboxylic acids is 1. The van der Waals surface area contributed by atoms with Crippen LogP contribution < -0.4 is 4.74 Å². The first-order valence-electron chi connectivity index (χ1n) is 3.80. The lowest BCUT2D eigenvalue weighted by atomic mass is 10.1. The van der Waals surface area contributed by atoms with E-state index in [-0.39, 0.29) is 5.75 Å². The number of rotatable bonds is 3. The van der Waals surface area contributed by atoms with Crippen molar-refractivity contribution in [1.82, 2.24) is 0 Å². The van der Waals surface area contributed by atoms with E-state index >= 15 is 0 Å². The molecular formula is C10H8F2O2. The maximum absolute atomic E-state index is 13.2. The van der Waals surface area contributed by atoms with Gasteiger partial charge in [-0.05, 0) is 18.2 Å². The van der Waals surface area contributed by atoms with Gasteiger partial charge < -0.3 is 4.74 Å². The lowest BCUT2D eigenvalue weighted by Crippen LogP contribution is -2.04. The third kappa shape index (κ3) is 1.64. The van der Waals surface area contributed by atoms with Crippen molar-refractivity contribution in [1.29, 1.82) is 0 Å². The summed E-state index contributed by atoms with van der Waals surface area (Å²) in [5, 5.41) is 0. The zero-order chi connectivity index (χ0) is 10.7. The normalized spacial score (nSPS) is 9.64. The Balaban J connectivity index is 3.42. The molecule has 74 valence electrons. The summed E-state index contributed by atoms with van der Waals surface area (Å²) in [6.45, 7) is 3.19. The molecule has 0 aromatic heterocycles. The molecule has 0 bridgehead atoms. The van der Waals surface area contributed by atoms with Gasteiger partial charge >= 0.3 is 0 Å². The maximum Gasteiger partial charge on any atom is 0.192 e. The summed E-state index contributed by atoms with van der Waals surface area (Å²) in [5.74, 6) is -3.02. The molecule has 4 heteroatoms. The van der Waals surface area contributed by atoms with Crippen molar-refractivity contribution >= 4 is 5.78 Å². The Hall–Kier alpha value is -1.71. The summed E-state index contributed by atoms with van der Waals surface area (Å²) in [6.07, 6.45) is 0.903. The molecule has 0 fully saturated rings. The predicted molar refractivity (Wildman–Crippen MR) is 47.4 cm³/mol. The summed E-state index contributed by atoms with van der Waals surface area (Å²) < 4.78 is 30.7. The van der Waals surface area contributed by atoms with Crippen molar-refractivity contribution in [3.05, 3.63) is 42.0 Å². The summed E-state index contributed by atoms with van der Waals surface area (Å²) >= 11 is 0. The van der Waals surface area contributed by atoms with Gasteiger partial charge in [-0.15, -0.1) is 0 Å². The van der Waals surface area contributed by atoms with Crippen LogP contribution in [-0.4, -0.2) is 12.9 Å². The molecule has 0 saturated heterocycles. The van der Waals surface area contributed by atoms with Crippen molar-refractivity contribution in [2.24, 2.45) is 0 Å². The highest BCUT2D eigenvalue weighted by Crippen LogP contribution is 2.24. The first kappa shape index (κ1) is 10.4. The number of benzene rings is 1. The smallest absolute Gasteiger partial charge is 0.192 e. The van der Waals surface area contributed by atoms with E-state index in [9.17, 15) is 13.6 Å². The van der Waals surface area contributed by atoms with Gasteiger partial charge in [-0.1, -0.05) is 6.58 Å². The fourth-order valence-corrected chi connectivity index (χ4v) is 1.03. The molecular weight excluding hydrogens is 190 g/mol. The van der Waals surface area contributed by atoms with Crippen molar-refractivity contribution < 1.29 is 18.3 Å². The molecule has 0 saturated carbocycles. The first-order valence-corrected chi connectivity index (χ1v) is 3.80. The quantitative estimate of drug-likeness (QED) is 0.550. The van der Waals surface area contributed by atoms with Gasteiger partial charge in [-0.25, -0.2) is 8.78 Å². The van der Waals surface area contributed by atoms with E-state index in [1.54, 1.807) is 0 Å². The van der Waals surface area contributed by atoms with Crippen molar-refractivity contribution in [3.8, 4) is 5.75 Å². The number of halogens is 2. The van der Waals surface area contributed by atoms with Crippen LogP contribution in [0.15, 0.2) is 24.8 Å². The average molecular weight is 198 g/mol. The Bertz CT molecular complexity index is 386. The van der Waals surface area contributed by atoms with Gasteiger partial charge in [0.1, 0.15) is 11.3 Å². The molecule has 0 heterocycles. The number of carbonyl (C=O) groups is 1.